The van der Waals surface area contributed by atoms with Crippen LogP contribution in [0, 0.1) is 0 Å². The average molecular weight is 628 g/mol. The van der Waals surface area contributed by atoms with Gasteiger partial charge in [-0.3, -0.25) is 19.2 Å². The molecule has 1 atom stereocenters. The first-order chi connectivity index (χ1) is 21.2. The molecule has 0 fully saturated rings. The van der Waals surface area contributed by atoms with E-state index in [-0.39, 0.29) is 53.9 Å². The predicted molar refractivity (Wildman–Crippen MR) is 167 cm³/mol. The molecule has 3 aromatic rings. The van der Waals surface area contributed by atoms with Crippen molar-refractivity contribution in [2.24, 2.45) is 0 Å². The zero-order chi connectivity index (χ0) is 31.9. The van der Waals surface area contributed by atoms with Crippen LogP contribution >= 0.6 is 11.8 Å². The maximum absolute atomic E-state index is 12.7. The number of aliphatic carboxylic acids is 1. The van der Waals surface area contributed by atoms with Crippen LogP contribution in [0.2, 0.25) is 0 Å². The minimum absolute atomic E-state index is 0.0382. The van der Waals surface area contributed by atoms with Gasteiger partial charge in [0.2, 0.25) is 17.8 Å². The number of fused-ring (bicyclic) bond motifs is 1. The molecule has 0 unspecified atom stereocenters. The van der Waals surface area contributed by atoms with Gasteiger partial charge in [-0.25, -0.2) is 14.8 Å². The van der Waals surface area contributed by atoms with Crippen molar-refractivity contribution in [3.8, 4) is 0 Å². The lowest BCUT2D eigenvalue weighted by Gasteiger charge is -2.15. The third kappa shape index (κ3) is 11.2. The molecule has 8 N–H and O–H groups in total. The summed E-state index contributed by atoms with van der Waals surface area (Å²) >= 11 is 1.62. The van der Waals surface area contributed by atoms with Crippen LogP contribution in [0.25, 0.3) is 11.2 Å². The highest BCUT2D eigenvalue weighted by atomic mass is 32.2. The van der Waals surface area contributed by atoms with E-state index in [0.717, 1.165) is 25.0 Å². The number of hydrogen-bond acceptors (Lipinski definition) is 11. The Morgan fingerprint density at radius 2 is 1.68 bits per heavy atom. The molecule has 3 rings (SSSR count). The number of unbranched alkanes of at least 4 members (excludes halogenated alkanes) is 2. The van der Waals surface area contributed by atoms with Gasteiger partial charge in [0.15, 0.2) is 11.2 Å². The van der Waals surface area contributed by atoms with E-state index in [1.807, 2.05) is 6.26 Å². The summed E-state index contributed by atoms with van der Waals surface area (Å²) in [4.78, 5) is 74.8. The fourth-order valence-electron chi connectivity index (χ4n) is 4.02. The van der Waals surface area contributed by atoms with Crippen molar-refractivity contribution in [3.05, 3.63) is 52.1 Å². The molecule has 2 aromatic heterocycles. The SMILES string of the molecule is CSCCC(=O)NCCCCCNC(=O)CC[C@H](NC(=O)c1ccc(NCc2cnc3[nH]c(N)nc(=O)c3n2)cc1)C(=O)O. The molecule has 0 aliphatic rings. The van der Waals surface area contributed by atoms with Gasteiger partial charge in [0, 0.05) is 42.9 Å². The highest BCUT2D eigenvalue weighted by Gasteiger charge is 2.21. The fraction of sp³-hybridized carbons (Fsp3) is 0.429. The summed E-state index contributed by atoms with van der Waals surface area (Å²) in [5.41, 5.74) is 6.59. The number of carbonyl (C=O) groups excluding carboxylic acids is 3. The number of carboxylic acids is 1. The molecule has 1 aromatic carbocycles. The highest BCUT2D eigenvalue weighted by Crippen LogP contribution is 2.12. The van der Waals surface area contributed by atoms with E-state index < -0.39 is 23.5 Å². The van der Waals surface area contributed by atoms with Gasteiger partial charge in [-0.05, 0) is 56.2 Å². The Hall–Kier alpha value is -4.73. The summed E-state index contributed by atoms with van der Waals surface area (Å²) in [5.74, 6) is -1.34. The number of amides is 3. The number of nitrogens with two attached hydrogens (primary N) is 1. The normalized spacial score (nSPS) is 11.5. The zero-order valence-corrected chi connectivity index (χ0v) is 25.2. The number of aromatic nitrogens is 4. The van der Waals surface area contributed by atoms with Gasteiger partial charge in [0.1, 0.15) is 6.04 Å². The quantitative estimate of drug-likeness (QED) is 0.0980. The molecule has 0 spiro atoms. The Morgan fingerprint density at radius 3 is 2.34 bits per heavy atom. The van der Waals surface area contributed by atoms with Gasteiger partial charge < -0.3 is 37.1 Å². The first kappa shape index (κ1) is 33.8. The maximum atomic E-state index is 12.7. The van der Waals surface area contributed by atoms with Crippen LogP contribution in [-0.2, 0) is 20.9 Å². The third-order valence-electron chi connectivity index (χ3n) is 6.41. The Morgan fingerprint density at radius 1 is 1.00 bits per heavy atom. The second kappa shape index (κ2) is 17.4. The number of hydrogen-bond donors (Lipinski definition) is 7. The second-order valence-corrected chi connectivity index (χ2v) is 10.8. The number of nitrogen functional groups attached to an aromatic ring is 1. The molecule has 3 amide bonds. The van der Waals surface area contributed by atoms with Gasteiger partial charge in [-0.15, -0.1) is 0 Å². The number of rotatable bonds is 18. The minimum atomic E-state index is -1.24. The van der Waals surface area contributed by atoms with Crippen LogP contribution in [0.3, 0.4) is 0 Å². The Labute approximate surface area is 257 Å². The van der Waals surface area contributed by atoms with Gasteiger partial charge in [0.25, 0.3) is 5.91 Å². The standard InChI is InChI=1S/C28H37N9O6S/c1-44-14-11-22(39)31-13-4-2-3-12-30-21(38)10-9-20(27(42)43)35-25(40)17-5-7-18(8-6-17)32-15-19-16-33-24-23(34-19)26(41)37-28(29)36-24/h5-8,16,20,32H,2-4,9-15H2,1H3,(H,30,38)(H,31,39)(H,35,40)(H,42,43)(H3,29,33,36,37,41)/t20-/m0/s1. The van der Waals surface area contributed by atoms with E-state index in [4.69, 9.17) is 5.73 Å². The van der Waals surface area contributed by atoms with Crippen LogP contribution in [0.4, 0.5) is 11.6 Å². The minimum Gasteiger partial charge on any atom is -0.480 e. The molecular formula is C28H37N9O6S. The molecule has 236 valence electrons. The van der Waals surface area contributed by atoms with Gasteiger partial charge >= 0.3 is 11.5 Å². The summed E-state index contributed by atoms with van der Waals surface area (Å²) in [7, 11) is 0. The van der Waals surface area contributed by atoms with Crippen molar-refractivity contribution >= 4 is 58.3 Å². The van der Waals surface area contributed by atoms with E-state index in [1.54, 1.807) is 23.9 Å². The number of carbonyl (C=O) groups is 4. The molecule has 0 saturated heterocycles. The van der Waals surface area contributed by atoms with Crippen molar-refractivity contribution in [1.82, 2.24) is 35.9 Å². The number of aromatic amines is 1. The van der Waals surface area contributed by atoms with E-state index in [1.165, 1.54) is 18.3 Å². The van der Waals surface area contributed by atoms with Gasteiger partial charge in [0.05, 0.1) is 18.4 Å². The van der Waals surface area contributed by atoms with Crippen LogP contribution in [0.1, 0.15) is 54.6 Å². The summed E-state index contributed by atoms with van der Waals surface area (Å²) < 4.78 is 0. The smallest absolute Gasteiger partial charge is 0.326 e. The van der Waals surface area contributed by atoms with E-state index in [0.29, 0.717) is 30.9 Å². The molecule has 0 aliphatic carbocycles. The van der Waals surface area contributed by atoms with Gasteiger partial charge in [-0.2, -0.15) is 16.7 Å². The van der Waals surface area contributed by atoms with Crippen LogP contribution in [0.5, 0.6) is 0 Å². The highest BCUT2D eigenvalue weighted by molar-refractivity contribution is 7.98. The van der Waals surface area contributed by atoms with Crippen molar-refractivity contribution in [2.45, 2.75) is 51.1 Å². The molecular weight excluding hydrogens is 590 g/mol. The first-order valence-corrected chi connectivity index (χ1v) is 15.5. The van der Waals surface area contributed by atoms with Crippen molar-refractivity contribution in [3.63, 3.8) is 0 Å². The summed E-state index contributed by atoms with van der Waals surface area (Å²) in [6.45, 7) is 1.28. The Kier molecular flexibility index (Phi) is 13.4. The van der Waals surface area contributed by atoms with Crippen molar-refractivity contribution in [2.75, 3.05) is 36.1 Å². The van der Waals surface area contributed by atoms with E-state index in [9.17, 15) is 29.1 Å². The average Bonchev–Trinajstić information content (AvgIpc) is 3.00. The number of thioether (sulfide) groups is 1. The second-order valence-electron chi connectivity index (χ2n) is 9.82. The molecule has 0 bridgehead atoms. The van der Waals surface area contributed by atoms with Crippen LogP contribution in [0.15, 0.2) is 35.3 Å². The predicted octanol–water partition coefficient (Wildman–Crippen LogP) is 1.03. The first-order valence-electron chi connectivity index (χ1n) is 14.1. The summed E-state index contributed by atoms with van der Waals surface area (Å²) in [5, 5.41) is 20.7. The maximum Gasteiger partial charge on any atom is 0.326 e. The summed E-state index contributed by atoms with van der Waals surface area (Å²) in [6, 6.07) is 5.10. The number of nitrogens with zero attached hydrogens (tertiary/aromatic N) is 3. The molecule has 16 heteroatoms. The number of benzene rings is 1. The number of nitrogens with one attached hydrogen (secondary N) is 5. The number of carboxylic acid groups (broad SMARTS) is 1. The van der Waals surface area contributed by atoms with Crippen LogP contribution in [-0.4, -0.2) is 79.9 Å². The molecule has 0 aliphatic heterocycles. The van der Waals surface area contributed by atoms with E-state index >= 15 is 0 Å². The topological polar surface area (TPSA) is 234 Å². The zero-order valence-electron chi connectivity index (χ0n) is 24.4. The number of anilines is 2. The lowest BCUT2D eigenvalue weighted by Crippen LogP contribution is -2.41. The Bertz CT molecular complexity index is 1500. The monoisotopic (exact) mass is 627 g/mol. The lowest BCUT2D eigenvalue weighted by molar-refractivity contribution is -0.139. The lowest BCUT2D eigenvalue weighted by atomic mass is 10.1. The molecule has 0 saturated carbocycles. The largest absolute Gasteiger partial charge is 0.480 e. The number of H-pyrrole nitrogens is 1. The van der Waals surface area contributed by atoms with Crippen molar-refractivity contribution < 1.29 is 24.3 Å². The molecule has 44 heavy (non-hydrogen) atoms. The molecule has 15 nitrogen and oxygen atoms in total. The van der Waals surface area contributed by atoms with E-state index in [2.05, 4.69) is 41.2 Å². The third-order valence-corrected chi connectivity index (χ3v) is 7.02. The van der Waals surface area contributed by atoms with Crippen LogP contribution < -0.4 is 32.6 Å². The summed E-state index contributed by atoms with van der Waals surface area (Å²) in [6.07, 6.45) is 6.19. The molecule has 0 radical (unpaired) electrons. The fourth-order valence-corrected chi connectivity index (χ4v) is 4.41. The Balaban J connectivity index is 1.38. The molecule has 2 heterocycles. The van der Waals surface area contributed by atoms with Gasteiger partial charge in [-0.1, -0.05) is 0 Å². The van der Waals surface area contributed by atoms with Crippen molar-refractivity contribution in [1.29, 1.82) is 0 Å².